The minimum Gasteiger partial charge on any atom is -0.478 e. The van der Waals surface area contributed by atoms with Crippen LogP contribution in [0.1, 0.15) is 27.0 Å². The number of aryl methyl sites for hydroxylation is 1. The SMILES string of the molecule is Cc1cc(/C=C/c2ccccc2)cc(C(=O)O)c1. The standard InChI is InChI=1S/C16H14O2/c1-12-9-14(11-15(10-12)16(17)18)8-7-13-5-3-2-4-6-13/h2-11H,1H3,(H,17,18)/b8-7+. The van der Waals surface area contributed by atoms with Crippen molar-refractivity contribution in [3.05, 3.63) is 70.8 Å². The fourth-order valence-electron chi connectivity index (χ4n) is 1.79. The van der Waals surface area contributed by atoms with Crippen LogP contribution in [0.4, 0.5) is 0 Å². The molecule has 0 spiro atoms. The van der Waals surface area contributed by atoms with E-state index >= 15 is 0 Å². The first-order valence-electron chi connectivity index (χ1n) is 5.73. The Labute approximate surface area is 106 Å². The van der Waals surface area contributed by atoms with Gasteiger partial charge in [0.25, 0.3) is 0 Å². The van der Waals surface area contributed by atoms with Crippen molar-refractivity contribution in [3.63, 3.8) is 0 Å². The van der Waals surface area contributed by atoms with Gasteiger partial charge in [-0.3, -0.25) is 0 Å². The number of hydrogen-bond donors (Lipinski definition) is 1. The topological polar surface area (TPSA) is 37.3 Å². The molecule has 2 rings (SSSR count). The molecule has 0 radical (unpaired) electrons. The highest BCUT2D eigenvalue weighted by molar-refractivity contribution is 5.89. The van der Waals surface area contributed by atoms with Crippen LogP contribution in [0.15, 0.2) is 48.5 Å². The van der Waals surface area contributed by atoms with E-state index in [1.54, 1.807) is 12.1 Å². The highest BCUT2D eigenvalue weighted by atomic mass is 16.4. The second-order valence-corrected chi connectivity index (χ2v) is 4.18. The minimum absolute atomic E-state index is 0.322. The first kappa shape index (κ1) is 12.1. The van der Waals surface area contributed by atoms with E-state index in [4.69, 9.17) is 5.11 Å². The van der Waals surface area contributed by atoms with E-state index < -0.39 is 5.97 Å². The van der Waals surface area contributed by atoms with Crippen molar-refractivity contribution in [2.45, 2.75) is 6.92 Å². The summed E-state index contributed by atoms with van der Waals surface area (Å²) in [6.07, 6.45) is 3.90. The van der Waals surface area contributed by atoms with Crippen LogP contribution >= 0.6 is 0 Å². The molecule has 0 saturated carbocycles. The molecule has 0 atom stereocenters. The Morgan fingerprint density at radius 2 is 1.67 bits per heavy atom. The summed E-state index contributed by atoms with van der Waals surface area (Å²) in [6.45, 7) is 1.90. The molecular formula is C16H14O2. The molecule has 2 heteroatoms. The Morgan fingerprint density at radius 3 is 2.33 bits per heavy atom. The van der Waals surface area contributed by atoms with Gasteiger partial charge in [0.1, 0.15) is 0 Å². The summed E-state index contributed by atoms with van der Waals surface area (Å²) < 4.78 is 0. The minimum atomic E-state index is -0.895. The van der Waals surface area contributed by atoms with Gasteiger partial charge in [0.15, 0.2) is 0 Å². The molecule has 0 amide bonds. The largest absolute Gasteiger partial charge is 0.478 e. The van der Waals surface area contributed by atoms with Gasteiger partial charge in [-0.2, -0.15) is 0 Å². The molecule has 2 aromatic carbocycles. The fraction of sp³-hybridized carbons (Fsp3) is 0.0625. The number of carboxylic acids is 1. The summed E-state index contributed by atoms with van der Waals surface area (Å²) >= 11 is 0. The lowest BCUT2D eigenvalue weighted by atomic mass is 10.1. The Morgan fingerprint density at radius 1 is 1.00 bits per heavy atom. The molecule has 0 fully saturated rings. The van der Waals surface area contributed by atoms with E-state index in [-0.39, 0.29) is 0 Å². The fourth-order valence-corrected chi connectivity index (χ4v) is 1.79. The van der Waals surface area contributed by atoms with Gasteiger partial charge in [-0.1, -0.05) is 48.6 Å². The Bertz CT molecular complexity index is 583. The molecule has 2 aromatic rings. The van der Waals surface area contributed by atoms with E-state index in [1.807, 2.05) is 55.5 Å². The van der Waals surface area contributed by atoms with Crippen LogP contribution in [-0.4, -0.2) is 11.1 Å². The normalized spacial score (nSPS) is 10.7. The number of benzene rings is 2. The van der Waals surface area contributed by atoms with Gasteiger partial charge in [0.05, 0.1) is 5.56 Å². The molecular weight excluding hydrogens is 224 g/mol. The first-order chi connectivity index (χ1) is 8.65. The predicted molar refractivity (Wildman–Crippen MR) is 73.5 cm³/mol. The molecule has 0 saturated heterocycles. The molecule has 0 aliphatic rings. The van der Waals surface area contributed by atoms with Crippen molar-refractivity contribution in [2.75, 3.05) is 0 Å². The van der Waals surface area contributed by atoms with Gasteiger partial charge in [-0.15, -0.1) is 0 Å². The molecule has 90 valence electrons. The summed E-state index contributed by atoms with van der Waals surface area (Å²) in [5.74, 6) is -0.895. The third-order valence-electron chi connectivity index (χ3n) is 2.61. The number of rotatable bonds is 3. The predicted octanol–water partition coefficient (Wildman–Crippen LogP) is 3.86. The summed E-state index contributed by atoms with van der Waals surface area (Å²) in [7, 11) is 0. The zero-order chi connectivity index (χ0) is 13.0. The molecule has 0 aliphatic carbocycles. The molecule has 1 N–H and O–H groups in total. The molecule has 0 aromatic heterocycles. The summed E-state index contributed by atoms with van der Waals surface area (Å²) in [4.78, 5) is 11.0. The maximum atomic E-state index is 11.0. The quantitative estimate of drug-likeness (QED) is 0.824. The number of aromatic carboxylic acids is 1. The molecule has 2 nitrogen and oxygen atoms in total. The molecule has 0 bridgehead atoms. The maximum absolute atomic E-state index is 11.0. The van der Waals surface area contributed by atoms with Crippen LogP contribution in [0.25, 0.3) is 12.2 Å². The molecule has 0 heterocycles. The van der Waals surface area contributed by atoms with Crippen molar-refractivity contribution in [3.8, 4) is 0 Å². The van der Waals surface area contributed by atoms with Gasteiger partial charge < -0.3 is 5.11 Å². The zero-order valence-electron chi connectivity index (χ0n) is 10.1. The second kappa shape index (κ2) is 5.32. The van der Waals surface area contributed by atoms with Gasteiger partial charge in [-0.05, 0) is 35.7 Å². The summed E-state index contributed by atoms with van der Waals surface area (Å²) in [5, 5.41) is 8.99. The smallest absolute Gasteiger partial charge is 0.335 e. The van der Waals surface area contributed by atoms with Crippen LogP contribution < -0.4 is 0 Å². The van der Waals surface area contributed by atoms with Crippen LogP contribution in [0.3, 0.4) is 0 Å². The van der Waals surface area contributed by atoms with Crippen molar-refractivity contribution in [1.82, 2.24) is 0 Å². The third-order valence-corrected chi connectivity index (χ3v) is 2.61. The Balaban J connectivity index is 2.29. The number of carbonyl (C=O) groups is 1. The van der Waals surface area contributed by atoms with E-state index in [2.05, 4.69) is 0 Å². The Kier molecular flexibility index (Phi) is 3.58. The van der Waals surface area contributed by atoms with E-state index in [0.717, 1.165) is 16.7 Å². The average molecular weight is 238 g/mol. The van der Waals surface area contributed by atoms with Gasteiger partial charge in [0, 0.05) is 0 Å². The maximum Gasteiger partial charge on any atom is 0.335 e. The zero-order valence-corrected chi connectivity index (χ0v) is 10.1. The van der Waals surface area contributed by atoms with Crippen molar-refractivity contribution < 1.29 is 9.90 Å². The first-order valence-corrected chi connectivity index (χ1v) is 5.73. The molecule has 18 heavy (non-hydrogen) atoms. The lowest BCUT2D eigenvalue weighted by Crippen LogP contribution is -1.97. The monoisotopic (exact) mass is 238 g/mol. The van der Waals surface area contributed by atoms with Crippen LogP contribution in [0, 0.1) is 6.92 Å². The highest BCUT2D eigenvalue weighted by Gasteiger charge is 2.03. The van der Waals surface area contributed by atoms with Crippen LogP contribution in [0.2, 0.25) is 0 Å². The van der Waals surface area contributed by atoms with Crippen molar-refractivity contribution in [1.29, 1.82) is 0 Å². The lowest BCUT2D eigenvalue weighted by Gasteiger charge is -2.00. The van der Waals surface area contributed by atoms with E-state index in [1.165, 1.54) is 0 Å². The molecule has 0 aliphatic heterocycles. The van der Waals surface area contributed by atoms with Crippen LogP contribution in [-0.2, 0) is 0 Å². The number of hydrogen-bond acceptors (Lipinski definition) is 1. The molecule has 0 unspecified atom stereocenters. The van der Waals surface area contributed by atoms with E-state index in [0.29, 0.717) is 5.56 Å². The van der Waals surface area contributed by atoms with E-state index in [9.17, 15) is 4.79 Å². The second-order valence-electron chi connectivity index (χ2n) is 4.18. The average Bonchev–Trinajstić information content (AvgIpc) is 2.37. The lowest BCUT2D eigenvalue weighted by molar-refractivity contribution is 0.0696. The van der Waals surface area contributed by atoms with Gasteiger partial charge in [-0.25, -0.2) is 4.79 Å². The van der Waals surface area contributed by atoms with Gasteiger partial charge in [0.2, 0.25) is 0 Å². The van der Waals surface area contributed by atoms with Crippen molar-refractivity contribution in [2.24, 2.45) is 0 Å². The van der Waals surface area contributed by atoms with Crippen molar-refractivity contribution >= 4 is 18.1 Å². The van der Waals surface area contributed by atoms with Crippen LogP contribution in [0.5, 0.6) is 0 Å². The summed E-state index contributed by atoms with van der Waals surface area (Å²) in [6, 6.07) is 15.2. The highest BCUT2D eigenvalue weighted by Crippen LogP contribution is 2.13. The number of carboxylic acid groups (broad SMARTS) is 1. The Hall–Kier alpha value is -2.35. The van der Waals surface area contributed by atoms with Gasteiger partial charge >= 0.3 is 5.97 Å². The summed E-state index contributed by atoms with van der Waals surface area (Å²) in [5.41, 5.74) is 3.26. The third kappa shape index (κ3) is 3.08.